The number of nitrogens with two attached hydrogens (primary N) is 1. The Morgan fingerprint density at radius 3 is 2.90 bits per heavy atom. The van der Waals surface area contributed by atoms with Crippen LogP contribution in [0.5, 0.6) is 0 Å². The molecule has 0 radical (unpaired) electrons. The highest BCUT2D eigenvalue weighted by Gasteiger charge is 2.02. The Labute approximate surface area is 120 Å². The van der Waals surface area contributed by atoms with E-state index in [2.05, 4.69) is 5.32 Å². The number of anilines is 1. The minimum absolute atomic E-state index is 0.0596. The van der Waals surface area contributed by atoms with E-state index in [-0.39, 0.29) is 5.91 Å². The monoisotopic (exact) mass is 280 g/mol. The Hall–Kier alpha value is -1.59. The third-order valence-electron chi connectivity index (χ3n) is 2.81. The summed E-state index contributed by atoms with van der Waals surface area (Å²) in [7, 11) is 1.64. The number of rotatable bonds is 10. The van der Waals surface area contributed by atoms with E-state index in [1.54, 1.807) is 7.11 Å². The second-order valence-electron chi connectivity index (χ2n) is 4.55. The molecule has 0 aliphatic heterocycles. The first kappa shape index (κ1) is 16.5. The van der Waals surface area contributed by atoms with Gasteiger partial charge in [-0.15, -0.1) is 0 Å². The van der Waals surface area contributed by atoms with E-state index in [1.165, 1.54) is 0 Å². The smallest absolute Gasteiger partial charge is 0.220 e. The number of methoxy groups -OCH3 is 1. The van der Waals surface area contributed by atoms with Gasteiger partial charge >= 0.3 is 0 Å². The molecule has 0 fully saturated rings. The molecule has 0 unspecified atom stereocenters. The lowest BCUT2D eigenvalue weighted by Gasteiger charge is -2.06. The largest absolute Gasteiger partial charge is 0.399 e. The van der Waals surface area contributed by atoms with Gasteiger partial charge in [0.1, 0.15) is 0 Å². The fourth-order valence-electron chi connectivity index (χ4n) is 1.74. The zero-order valence-electron chi connectivity index (χ0n) is 12.1. The minimum atomic E-state index is 0.0596. The van der Waals surface area contributed by atoms with Crippen LogP contribution in [0.4, 0.5) is 5.69 Å². The number of hydrogen-bond donors (Lipinski definition) is 2. The lowest BCUT2D eigenvalue weighted by Crippen LogP contribution is -2.25. The summed E-state index contributed by atoms with van der Waals surface area (Å²) < 4.78 is 10.2. The van der Waals surface area contributed by atoms with Gasteiger partial charge in [0.15, 0.2) is 0 Å². The van der Waals surface area contributed by atoms with Gasteiger partial charge in [-0.1, -0.05) is 12.1 Å². The normalized spacial score (nSPS) is 10.4. The fraction of sp³-hybridized carbons (Fsp3) is 0.533. The Kier molecular flexibility index (Phi) is 8.42. The van der Waals surface area contributed by atoms with Crippen molar-refractivity contribution in [3.8, 4) is 0 Å². The summed E-state index contributed by atoms with van der Waals surface area (Å²) in [6.07, 6.45) is 2.00. The van der Waals surface area contributed by atoms with E-state index in [4.69, 9.17) is 15.2 Å². The Bertz CT molecular complexity index is 396. The molecule has 1 aromatic rings. The average Bonchev–Trinajstić information content (AvgIpc) is 2.44. The van der Waals surface area contributed by atoms with Gasteiger partial charge in [-0.25, -0.2) is 0 Å². The molecule has 1 rings (SSSR count). The second kappa shape index (κ2) is 10.2. The first-order valence-corrected chi connectivity index (χ1v) is 6.90. The third kappa shape index (κ3) is 7.76. The van der Waals surface area contributed by atoms with Crippen molar-refractivity contribution >= 4 is 11.6 Å². The highest BCUT2D eigenvalue weighted by atomic mass is 16.5. The van der Waals surface area contributed by atoms with Crippen molar-refractivity contribution in [2.75, 3.05) is 39.2 Å². The molecule has 5 nitrogen and oxygen atoms in total. The molecular formula is C15H24N2O3. The molecular weight excluding hydrogens is 256 g/mol. The van der Waals surface area contributed by atoms with Crippen molar-refractivity contribution in [1.82, 2.24) is 5.32 Å². The lowest BCUT2D eigenvalue weighted by molar-refractivity contribution is -0.121. The zero-order valence-corrected chi connectivity index (χ0v) is 12.1. The van der Waals surface area contributed by atoms with E-state index in [0.29, 0.717) is 39.2 Å². The number of ether oxygens (including phenoxy) is 2. The zero-order chi connectivity index (χ0) is 14.6. The Morgan fingerprint density at radius 2 is 2.15 bits per heavy atom. The molecule has 20 heavy (non-hydrogen) atoms. The van der Waals surface area contributed by atoms with Crippen LogP contribution in [0.25, 0.3) is 0 Å². The van der Waals surface area contributed by atoms with Gasteiger partial charge < -0.3 is 20.5 Å². The summed E-state index contributed by atoms with van der Waals surface area (Å²) in [5.41, 5.74) is 7.51. The first-order valence-electron chi connectivity index (χ1n) is 6.90. The Morgan fingerprint density at radius 1 is 1.30 bits per heavy atom. The van der Waals surface area contributed by atoms with Crippen LogP contribution in [0.3, 0.4) is 0 Å². The maximum Gasteiger partial charge on any atom is 0.220 e. The van der Waals surface area contributed by atoms with Crippen molar-refractivity contribution < 1.29 is 14.3 Å². The van der Waals surface area contributed by atoms with Crippen LogP contribution in [-0.4, -0.2) is 39.4 Å². The van der Waals surface area contributed by atoms with Gasteiger partial charge in [0.25, 0.3) is 0 Å². The summed E-state index contributed by atoms with van der Waals surface area (Å²) in [6.45, 7) is 2.48. The fourth-order valence-corrected chi connectivity index (χ4v) is 1.74. The Balaban J connectivity index is 2.03. The molecule has 0 bridgehead atoms. The molecule has 0 aliphatic rings. The number of hydrogen-bond acceptors (Lipinski definition) is 4. The number of benzene rings is 1. The van der Waals surface area contributed by atoms with Crippen LogP contribution in [-0.2, 0) is 20.7 Å². The average molecular weight is 280 g/mol. The summed E-state index contributed by atoms with van der Waals surface area (Å²) in [6, 6.07) is 7.62. The minimum Gasteiger partial charge on any atom is -0.399 e. The van der Waals surface area contributed by atoms with Crippen molar-refractivity contribution in [3.05, 3.63) is 29.8 Å². The summed E-state index contributed by atoms with van der Waals surface area (Å²) >= 11 is 0. The highest BCUT2D eigenvalue weighted by Crippen LogP contribution is 2.08. The summed E-state index contributed by atoms with van der Waals surface area (Å²) in [5.74, 6) is 0.0596. The number of nitrogens with one attached hydrogen (secondary N) is 1. The van der Waals surface area contributed by atoms with Gasteiger partial charge in [0.2, 0.25) is 5.91 Å². The lowest BCUT2D eigenvalue weighted by atomic mass is 10.1. The molecule has 0 saturated heterocycles. The predicted octanol–water partition coefficient (Wildman–Crippen LogP) is 1.37. The quantitative estimate of drug-likeness (QED) is 0.501. The second-order valence-corrected chi connectivity index (χ2v) is 4.55. The molecule has 0 aliphatic carbocycles. The maximum absolute atomic E-state index is 11.6. The first-order chi connectivity index (χ1) is 9.72. The predicted molar refractivity (Wildman–Crippen MR) is 79.5 cm³/mol. The van der Waals surface area contributed by atoms with E-state index >= 15 is 0 Å². The third-order valence-corrected chi connectivity index (χ3v) is 2.81. The van der Waals surface area contributed by atoms with Crippen molar-refractivity contribution in [3.63, 3.8) is 0 Å². The standard InChI is InChI=1S/C15H24N2O3/c1-19-10-11-20-9-3-8-17-15(18)7-6-13-4-2-5-14(16)12-13/h2,4-5,12H,3,6-11,16H2,1H3,(H,17,18). The van der Waals surface area contributed by atoms with Crippen LogP contribution < -0.4 is 11.1 Å². The van der Waals surface area contributed by atoms with Crippen LogP contribution in [0.15, 0.2) is 24.3 Å². The topological polar surface area (TPSA) is 73.6 Å². The maximum atomic E-state index is 11.6. The molecule has 3 N–H and O–H groups in total. The molecule has 1 amide bonds. The van der Waals surface area contributed by atoms with E-state index in [0.717, 1.165) is 17.7 Å². The van der Waals surface area contributed by atoms with Crippen molar-refractivity contribution in [1.29, 1.82) is 0 Å². The number of carbonyl (C=O) groups excluding carboxylic acids is 1. The molecule has 5 heteroatoms. The SMILES string of the molecule is COCCOCCCNC(=O)CCc1cccc(N)c1. The molecule has 0 atom stereocenters. The van der Waals surface area contributed by atoms with Gasteiger partial charge in [-0.05, 0) is 30.5 Å². The van der Waals surface area contributed by atoms with Crippen molar-refractivity contribution in [2.45, 2.75) is 19.3 Å². The van der Waals surface area contributed by atoms with E-state index < -0.39 is 0 Å². The number of carbonyl (C=O) groups is 1. The highest BCUT2D eigenvalue weighted by molar-refractivity contribution is 5.76. The molecule has 0 aromatic heterocycles. The molecule has 0 heterocycles. The molecule has 112 valence electrons. The van der Waals surface area contributed by atoms with Crippen LogP contribution in [0, 0.1) is 0 Å². The molecule has 0 spiro atoms. The van der Waals surface area contributed by atoms with E-state index in [1.807, 2.05) is 24.3 Å². The van der Waals surface area contributed by atoms with Crippen molar-refractivity contribution in [2.24, 2.45) is 0 Å². The molecule has 0 saturated carbocycles. The van der Waals surface area contributed by atoms with Gasteiger partial charge in [-0.3, -0.25) is 4.79 Å². The summed E-state index contributed by atoms with van der Waals surface area (Å²) in [4.78, 5) is 11.6. The van der Waals surface area contributed by atoms with Gasteiger partial charge in [0, 0.05) is 32.4 Å². The number of amides is 1. The van der Waals surface area contributed by atoms with Crippen LogP contribution >= 0.6 is 0 Å². The number of aryl methyl sites for hydroxylation is 1. The van der Waals surface area contributed by atoms with Gasteiger partial charge in [0.05, 0.1) is 13.2 Å². The number of nitrogen functional groups attached to an aromatic ring is 1. The van der Waals surface area contributed by atoms with Gasteiger partial charge in [-0.2, -0.15) is 0 Å². The van der Waals surface area contributed by atoms with Crippen LogP contribution in [0.1, 0.15) is 18.4 Å². The molecule has 1 aromatic carbocycles. The van der Waals surface area contributed by atoms with Crippen LogP contribution in [0.2, 0.25) is 0 Å². The van der Waals surface area contributed by atoms with E-state index in [9.17, 15) is 4.79 Å². The summed E-state index contributed by atoms with van der Waals surface area (Å²) in [5, 5.41) is 2.88.